The number of hydrogen-bond donors (Lipinski definition) is 1. The van der Waals surface area contributed by atoms with Gasteiger partial charge in [-0.25, -0.2) is 4.39 Å². The fraction of sp³-hybridized carbons (Fsp3) is 0.100. The van der Waals surface area contributed by atoms with E-state index in [1.54, 1.807) is 12.1 Å². The highest BCUT2D eigenvalue weighted by molar-refractivity contribution is 6.33. The Bertz CT molecular complexity index is 870. The summed E-state index contributed by atoms with van der Waals surface area (Å²) in [6.45, 7) is 0.779. The second-order valence-electron chi connectivity index (χ2n) is 5.50. The molecule has 0 amide bonds. The lowest BCUT2D eigenvalue weighted by Gasteiger charge is -2.14. The molecule has 0 bridgehead atoms. The number of benzene rings is 3. The van der Waals surface area contributed by atoms with E-state index in [0.717, 1.165) is 16.8 Å². The molecule has 0 aliphatic heterocycles. The van der Waals surface area contributed by atoms with Crippen LogP contribution in [0.2, 0.25) is 10.0 Å². The Labute approximate surface area is 156 Å². The molecule has 0 saturated carbocycles. The topological polar surface area (TPSA) is 21.3 Å². The van der Waals surface area contributed by atoms with Crippen LogP contribution in [0.15, 0.2) is 66.7 Å². The smallest absolute Gasteiger partial charge is 0.124 e. The number of halogens is 3. The van der Waals surface area contributed by atoms with E-state index in [-0.39, 0.29) is 12.4 Å². The summed E-state index contributed by atoms with van der Waals surface area (Å²) in [4.78, 5) is 0. The van der Waals surface area contributed by atoms with E-state index in [1.807, 2.05) is 42.5 Å². The van der Waals surface area contributed by atoms with Crippen LogP contribution in [0, 0.1) is 5.82 Å². The van der Waals surface area contributed by atoms with Crippen molar-refractivity contribution < 1.29 is 9.13 Å². The predicted molar refractivity (Wildman–Crippen MR) is 101 cm³/mol. The predicted octanol–water partition coefficient (Wildman–Crippen LogP) is 6.32. The van der Waals surface area contributed by atoms with Gasteiger partial charge in [-0.1, -0.05) is 47.5 Å². The molecule has 0 aliphatic rings. The van der Waals surface area contributed by atoms with Gasteiger partial charge in [0.2, 0.25) is 0 Å². The SMILES string of the molecule is Fc1cccc(COc2ccc(Cl)cc2CNc2ccccc2Cl)c1. The van der Waals surface area contributed by atoms with E-state index in [4.69, 9.17) is 27.9 Å². The van der Waals surface area contributed by atoms with Crippen LogP contribution in [0.5, 0.6) is 5.75 Å². The van der Waals surface area contributed by atoms with Crippen molar-refractivity contribution in [1.82, 2.24) is 0 Å². The van der Waals surface area contributed by atoms with Crippen LogP contribution < -0.4 is 10.1 Å². The van der Waals surface area contributed by atoms with Crippen LogP contribution in [-0.2, 0) is 13.2 Å². The molecule has 0 saturated heterocycles. The molecular weight excluding hydrogens is 360 g/mol. The number of para-hydroxylation sites is 1. The van der Waals surface area contributed by atoms with Crippen LogP contribution >= 0.6 is 23.2 Å². The van der Waals surface area contributed by atoms with E-state index in [2.05, 4.69) is 5.32 Å². The first-order valence-corrected chi connectivity index (χ1v) is 8.51. The average molecular weight is 376 g/mol. The van der Waals surface area contributed by atoms with Crippen molar-refractivity contribution in [2.45, 2.75) is 13.2 Å². The van der Waals surface area contributed by atoms with Gasteiger partial charge in [0.05, 0.1) is 10.7 Å². The fourth-order valence-corrected chi connectivity index (χ4v) is 2.81. The van der Waals surface area contributed by atoms with Gasteiger partial charge in [0.25, 0.3) is 0 Å². The van der Waals surface area contributed by atoms with Gasteiger partial charge in [-0.3, -0.25) is 0 Å². The highest BCUT2D eigenvalue weighted by Crippen LogP contribution is 2.27. The molecule has 25 heavy (non-hydrogen) atoms. The first-order valence-electron chi connectivity index (χ1n) is 7.76. The van der Waals surface area contributed by atoms with Gasteiger partial charge < -0.3 is 10.1 Å². The van der Waals surface area contributed by atoms with Gasteiger partial charge in [-0.05, 0) is 48.0 Å². The third kappa shape index (κ3) is 4.88. The molecule has 3 aromatic carbocycles. The van der Waals surface area contributed by atoms with Crippen molar-refractivity contribution >= 4 is 28.9 Å². The van der Waals surface area contributed by atoms with Gasteiger partial charge in [-0.2, -0.15) is 0 Å². The molecule has 0 fully saturated rings. The lowest BCUT2D eigenvalue weighted by Crippen LogP contribution is -2.04. The molecule has 128 valence electrons. The van der Waals surface area contributed by atoms with Gasteiger partial charge in [-0.15, -0.1) is 0 Å². The summed E-state index contributed by atoms with van der Waals surface area (Å²) >= 11 is 12.3. The third-order valence-electron chi connectivity index (χ3n) is 3.65. The minimum Gasteiger partial charge on any atom is -0.489 e. The minimum atomic E-state index is -0.280. The summed E-state index contributed by atoms with van der Waals surface area (Å²) in [6.07, 6.45) is 0. The monoisotopic (exact) mass is 375 g/mol. The van der Waals surface area contributed by atoms with E-state index in [9.17, 15) is 4.39 Å². The van der Waals surface area contributed by atoms with Crippen molar-refractivity contribution in [2.24, 2.45) is 0 Å². The lowest BCUT2D eigenvalue weighted by molar-refractivity contribution is 0.302. The summed E-state index contributed by atoms with van der Waals surface area (Å²) in [7, 11) is 0. The van der Waals surface area contributed by atoms with Crippen molar-refractivity contribution in [1.29, 1.82) is 0 Å². The Morgan fingerprint density at radius 3 is 2.56 bits per heavy atom. The molecule has 0 aliphatic carbocycles. The number of nitrogens with one attached hydrogen (secondary N) is 1. The maximum atomic E-state index is 13.3. The van der Waals surface area contributed by atoms with Crippen LogP contribution in [-0.4, -0.2) is 0 Å². The zero-order valence-corrected chi connectivity index (χ0v) is 14.8. The van der Waals surface area contributed by atoms with Crippen LogP contribution in [0.25, 0.3) is 0 Å². The average Bonchev–Trinajstić information content (AvgIpc) is 2.60. The molecule has 1 N–H and O–H groups in total. The first-order chi connectivity index (χ1) is 12.1. The van der Waals surface area contributed by atoms with E-state index < -0.39 is 0 Å². The third-order valence-corrected chi connectivity index (χ3v) is 4.21. The molecule has 3 rings (SSSR count). The van der Waals surface area contributed by atoms with Crippen molar-refractivity contribution in [2.75, 3.05) is 5.32 Å². The van der Waals surface area contributed by atoms with Crippen molar-refractivity contribution in [3.63, 3.8) is 0 Å². The molecule has 0 unspecified atom stereocenters. The van der Waals surface area contributed by atoms with Crippen LogP contribution in [0.1, 0.15) is 11.1 Å². The molecule has 0 spiro atoms. The summed E-state index contributed by atoms with van der Waals surface area (Å²) in [5.41, 5.74) is 2.49. The maximum Gasteiger partial charge on any atom is 0.124 e. The quantitative estimate of drug-likeness (QED) is 0.543. The Kier molecular flexibility index (Phi) is 5.79. The Balaban J connectivity index is 1.73. The van der Waals surface area contributed by atoms with Crippen LogP contribution in [0.4, 0.5) is 10.1 Å². The molecule has 0 atom stereocenters. The normalized spacial score (nSPS) is 10.5. The standard InChI is InChI=1S/C20H16Cl2FNO/c21-16-8-9-20(25-13-14-4-3-5-17(23)10-14)15(11-16)12-24-19-7-2-1-6-18(19)22/h1-11,24H,12-13H2. The number of hydrogen-bond acceptors (Lipinski definition) is 2. The highest BCUT2D eigenvalue weighted by Gasteiger charge is 2.07. The molecule has 5 heteroatoms. The van der Waals surface area contributed by atoms with Gasteiger partial charge >= 0.3 is 0 Å². The Hall–Kier alpha value is -2.23. The first kappa shape index (κ1) is 17.6. The van der Waals surface area contributed by atoms with E-state index in [1.165, 1.54) is 12.1 Å². The molecule has 0 aromatic heterocycles. The van der Waals surface area contributed by atoms with Crippen LogP contribution in [0.3, 0.4) is 0 Å². The lowest BCUT2D eigenvalue weighted by atomic mass is 10.2. The summed E-state index contributed by atoms with van der Waals surface area (Å²) in [5, 5.41) is 4.54. The second-order valence-corrected chi connectivity index (χ2v) is 6.35. The fourth-order valence-electron chi connectivity index (χ4n) is 2.41. The second kappa shape index (κ2) is 8.24. The molecular formula is C20H16Cl2FNO. The molecule has 3 aromatic rings. The Morgan fingerprint density at radius 2 is 1.76 bits per heavy atom. The molecule has 0 heterocycles. The largest absolute Gasteiger partial charge is 0.489 e. The van der Waals surface area contributed by atoms with Gasteiger partial charge in [0, 0.05) is 17.1 Å². The molecule has 2 nitrogen and oxygen atoms in total. The van der Waals surface area contributed by atoms with Crippen molar-refractivity contribution in [3.05, 3.63) is 93.7 Å². The van der Waals surface area contributed by atoms with Gasteiger partial charge in [0.1, 0.15) is 18.2 Å². The summed E-state index contributed by atoms with van der Waals surface area (Å²) < 4.78 is 19.1. The van der Waals surface area contributed by atoms with E-state index in [0.29, 0.717) is 22.3 Å². The van der Waals surface area contributed by atoms with Crippen molar-refractivity contribution in [3.8, 4) is 5.75 Å². The highest BCUT2D eigenvalue weighted by atomic mass is 35.5. The summed E-state index contributed by atoms with van der Waals surface area (Å²) in [6, 6.07) is 19.3. The summed E-state index contributed by atoms with van der Waals surface area (Å²) in [5.74, 6) is 0.408. The number of anilines is 1. The Morgan fingerprint density at radius 1 is 0.920 bits per heavy atom. The van der Waals surface area contributed by atoms with Gasteiger partial charge in [0.15, 0.2) is 0 Å². The maximum absolute atomic E-state index is 13.3. The minimum absolute atomic E-state index is 0.276. The zero-order valence-electron chi connectivity index (χ0n) is 13.3. The number of ether oxygens (including phenoxy) is 1. The zero-order chi connectivity index (χ0) is 17.6. The van der Waals surface area contributed by atoms with E-state index >= 15 is 0 Å². The molecule has 0 radical (unpaired) electrons. The number of rotatable bonds is 6.